The molecule has 144 valence electrons. The predicted molar refractivity (Wildman–Crippen MR) is 104 cm³/mol. The normalized spacial score (nSPS) is 23.1. The summed E-state index contributed by atoms with van der Waals surface area (Å²) in [4.78, 5) is 42.4. The zero-order valence-corrected chi connectivity index (χ0v) is 15.4. The Hall–Kier alpha value is -2.41. The number of piperidine rings is 2. The molecule has 27 heavy (non-hydrogen) atoms. The van der Waals surface area contributed by atoms with E-state index in [1.54, 1.807) is 24.3 Å². The van der Waals surface area contributed by atoms with Crippen molar-refractivity contribution in [2.45, 2.75) is 44.7 Å². The van der Waals surface area contributed by atoms with Crippen LogP contribution in [0.2, 0.25) is 0 Å². The highest BCUT2D eigenvalue weighted by molar-refractivity contribution is 5.78. The van der Waals surface area contributed by atoms with E-state index in [1.165, 1.54) is 25.7 Å². The zero-order chi connectivity index (χ0) is 18.8. The molecule has 0 unspecified atom stereocenters. The molecule has 7 nitrogen and oxygen atoms in total. The van der Waals surface area contributed by atoms with Crippen LogP contribution in [0.15, 0.2) is 33.9 Å². The van der Waals surface area contributed by atoms with Gasteiger partial charge in [-0.1, -0.05) is 18.6 Å². The Morgan fingerprint density at radius 2 is 1.93 bits per heavy atom. The highest BCUT2D eigenvalue weighted by Gasteiger charge is 2.32. The van der Waals surface area contributed by atoms with Gasteiger partial charge in [-0.2, -0.15) is 0 Å². The number of hydrogen-bond acceptors (Lipinski definition) is 4. The Morgan fingerprint density at radius 3 is 2.81 bits per heavy atom. The van der Waals surface area contributed by atoms with Gasteiger partial charge in [0, 0.05) is 12.6 Å². The molecule has 1 amide bonds. The maximum absolute atomic E-state index is 12.5. The topological polar surface area (TPSA) is 87.2 Å². The second kappa shape index (κ2) is 7.68. The van der Waals surface area contributed by atoms with E-state index >= 15 is 0 Å². The van der Waals surface area contributed by atoms with Crippen LogP contribution in [0.5, 0.6) is 0 Å². The Morgan fingerprint density at radius 1 is 1.11 bits per heavy atom. The van der Waals surface area contributed by atoms with E-state index in [0.29, 0.717) is 29.4 Å². The van der Waals surface area contributed by atoms with Crippen LogP contribution in [0.4, 0.5) is 0 Å². The quantitative estimate of drug-likeness (QED) is 0.843. The zero-order valence-electron chi connectivity index (χ0n) is 15.4. The second-order valence-corrected chi connectivity index (χ2v) is 7.67. The van der Waals surface area contributed by atoms with E-state index in [4.69, 9.17) is 0 Å². The maximum atomic E-state index is 12.5. The number of amides is 1. The number of rotatable bonds is 4. The summed E-state index contributed by atoms with van der Waals surface area (Å²) in [6, 6.07) is 7.39. The summed E-state index contributed by atoms with van der Waals surface area (Å²) in [6.45, 7) is 2.69. The van der Waals surface area contributed by atoms with Gasteiger partial charge in [-0.3, -0.25) is 14.2 Å². The maximum Gasteiger partial charge on any atom is 0.329 e. The SMILES string of the molecule is O=C(Cn1c(=O)[nH]c2ccccc2c1=O)NC[C@@H]1CCCN2CCCC[C@H]12. The second-order valence-electron chi connectivity index (χ2n) is 7.67. The van der Waals surface area contributed by atoms with Crippen molar-refractivity contribution >= 4 is 16.8 Å². The molecule has 2 saturated heterocycles. The molecule has 0 spiro atoms. The number of aromatic amines is 1. The van der Waals surface area contributed by atoms with E-state index in [2.05, 4.69) is 15.2 Å². The average Bonchev–Trinajstić information content (AvgIpc) is 2.69. The lowest BCUT2D eigenvalue weighted by atomic mass is 9.83. The average molecular weight is 370 g/mol. The minimum Gasteiger partial charge on any atom is -0.354 e. The molecule has 2 aromatic rings. The van der Waals surface area contributed by atoms with Crippen LogP contribution in [-0.4, -0.2) is 46.0 Å². The summed E-state index contributed by atoms with van der Waals surface area (Å²) in [5.41, 5.74) is -0.491. The molecular formula is C20H26N4O3. The first-order chi connectivity index (χ1) is 13.1. The lowest BCUT2D eigenvalue weighted by Crippen LogP contribution is -2.51. The number of carbonyl (C=O) groups is 1. The molecular weight excluding hydrogens is 344 g/mol. The molecule has 1 aromatic carbocycles. The van der Waals surface area contributed by atoms with Gasteiger partial charge in [0.15, 0.2) is 0 Å². The lowest BCUT2D eigenvalue weighted by molar-refractivity contribution is -0.122. The third-order valence-corrected chi connectivity index (χ3v) is 5.98. The van der Waals surface area contributed by atoms with Crippen molar-refractivity contribution in [2.75, 3.05) is 19.6 Å². The molecule has 2 N–H and O–H groups in total. The van der Waals surface area contributed by atoms with E-state index in [9.17, 15) is 14.4 Å². The molecule has 3 heterocycles. The highest BCUT2D eigenvalue weighted by atomic mass is 16.2. The lowest BCUT2D eigenvalue weighted by Gasteiger charge is -2.44. The fourth-order valence-corrected chi connectivity index (χ4v) is 4.60. The van der Waals surface area contributed by atoms with Gasteiger partial charge in [0.1, 0.15) is 6.54 Å². The first kappa shape index (κ1) is 18.0. The minimum atomic E-state index is -0.551. The molecule has 0 saturated carbocycles. The largest absolute Gasteiger partial charge is 0.354 e. The molecule has 0 bridgehead atoms. The number of aromatic nitrogens is 2. The number of carbonyl (C=O) groups excluding carboxylic acids is 1. The summed E-state index contributed by atoms with van der Waals surface area (Å²) in [6.07, 6.45) is 6.01. The van der Waals surface area contributed by atoms with Crippen LogP contribution in [0, 0.1) is 5.92 Å². The van der Waals surface area contributed by atoms with Crippen LogP contribution < -0.4 is 16.6 Å². The number of para-hydroxylation sites is 1. The molecule has 1 aromatic heterocycles. The van der Waals surface area contributed by atoms with E-state index < -0.39 is 11.2 Å². The van der Waals surface area contributed by atoms with Crippen molar-refractivity contribution < 1.29 is 4.79 Å². The van der Waals surface area contributed by atoms with Gasteiger partial charge in [-0.25, -0.2) is 4.79 Å². The summed E-state index contributed by atoms with van der Waals surface area (Å²) in [5.74, 6) is 0.167. The predicted octanol–water partition coefficient (Wildman–Crippen LogP) is 1.07. The van der Waals surface area contributed by atoms with Crippen LogP contribution in [0.25, 0.3) is 10.9 Å². The Kier molecular flexibility index (Phi) is 5.11. The Balaban J connectivity index is 1.43. The van der Waals surface area contributed by atoms with Gasteiger partial charge in [-0.05, 0) is 56.8 Å². The summed E-state index contributed by atoms with van der Waals surface area (Å²) in [7, 11) is 0. The van der Waals surface area contributed by atoms with Gasteiger partial charge in [-0.15, -0.1) is 0 Å². The van der Waals surface area contributed by atoms with E-state index in [-0.39, 0.29) is 12.5 Å². The van der Waals surface area contributed by atoms with Crippen molar-refractivity contribution in [3.8, 4) is 0 Å². The number of nitrogens with one attached hydrogen (secondary N) is 2. The molecule has 4 rings (SSSR count). The van der Waals surface area contributed by atoms with Crippen LogP contribution >= 0.6 is 0 Å². The molecule has 2 fully saturated rings. The van der Waals surface area contributed by atoms with Gasteiger partial charge in [0.05, 0.1) is 10.9 Å². The van der Waals surface area contributed by atoms with Crippen molar-refractivity contribution in [1.82, 2.24) is 19.8 Å². The molecule has 2 atom stereocenters. The molecule has 2 aliphatic rings. The Labute approximate surface area is 157 Å². The number of hydrogen-bond donors (Lipinski definition) is 2. The smallest absolute Gasteiger partial charge is 0.329 e. The molecule has 2 aliphatic heterocycles. The summed E-state index contributed by atoms with van der Waals surface area (Å²) < 4.78 is 0.978. The van der Waals surface area contributed by atoms with Crippen molar-refractivity contribution in [1.29, 1.82) is 0 Å². The number of benzene rings is 1. The van der Waals surface area contributed by atoms with Crippen LogP contribution in [-0.2, 0) is 11.3 Å². The molecule has 7 heteroatoms. The van der Waals surface area contributed by atoms with Crippen molar-refractivity contribution in [3.63, 3.8) is 0 Å². The van der Waals surface area contributed by atoms with Gasteiger partial charge < -0.3 is 15.2 Å². The van der Waals surface area contributed by atoms with Crippen molar-refractivity contribution in [3.05, 3.63) is 45.1 Å². The number of fused-ring (bicyclic) bond motifs is 2. The highest BCUT2D eigenvalue weighted by Crippen LogP contribution is 2.30. The monoisotopic (exact) mass is 370 g/mol. The number of nitrogens with zero attached hydrogens (tertiary/aromatic N) is 2. The van der Waals surface area contributed by atoms with Gasteiger partial charge in [0.25, 0.3) is 5.56 Å². The number of H-pyrrole nitrogens is 1. The van der Waals surface area contributed by atoms with Crippen molar-refractivity contribution in [2.24, 2.45) is 5.92 Å². The first-order valence-corrected chi connectivity index (χ1v) is 9.86. The summed E-state index contributed by atoms with van der Waals surface area (Å²) >= 11 is 0. The Bertz CT molecular complexity index is 946. The van der Waals surface area contributed by atoms with E-state index in [0.717, 1.165) is 24.1 Å². The third kappa shape index (κ3) is 3.69. The molecule has 0 radical (unpaired) electrons. The minimum absolute atomic E-state index is 0.250. The fourth-order valence-electron chi connectivity index (χ4n) is 4.60. The van der Waals surface area contributed by atoms with Crippen LogP contribution in [0.1, 0.15) is 32.1 Å². The third-order valence-electron chi connectivity index (χ3n) is 5.98. The van der Waals surface area contributed by atoms with Gasteiger partial charge in [0.2, 0.25) is 5.91 Å². The van der Waals surface area contributed by atoms with E-state index in [1.807, 2.05) is 0 Å². The standard InChI is InChI=1S/C20H26N4O3/c25-18(21-12-14-6-5-11-23-10-4-3-9-17(14)23)13-24-19(26)15-7-1-2-8-16(15)22-20(24)27/h1-2,7-8,14,17H,3-6,9-13H2,(H,21,25)(H,22,27)/t14-,17+/m0/s1. The fraction of sp³-hybridized carbons (Fsp3) is 0.550. The van der Waals surface area contributed by atoms with Crippen LogP contribution in [0.3, 0.4) is 0 Å². The summed E-state index contributed by atoms with van der Waals surface area (Å²) in [5, 5.41) is 3.37. The first-order valence-electron chi connectivity index (χ1n) is 9.86. The van der Waals surface area contributed by atoms with Gasteiger partial charge >= 0.3 is 5.69 Å². The molecule has 0 aliphatic carbocycles.